The van der Waals surface area contributed by atoms with Crippen molar-refractivity contribution in [3.05, 3.63) is 17.4 Å². The molecule has 52 valence electrons. The number of anilines is 1. The third-order valence-electron chi connectivity index (χ3n) is 1.48. The Labute approximate surface area is 62.1 Å². The molecule has 0 saturated carbocycles. The van der Waals surface area contributed by atoms with E-state index in [1.54, 1.807) is 17.7 Å². The topological polar surface area (TPSA) is 43.3 Å². The largest absolute Gasteiger partial charge is 0.384 e. The summed E-state index contributed by atoms with van der Waals surface area (Å²) in [6.45, 7) is 2.01. The van der Waals surface area contributed by atoms with E-state index in [-0.39, 0.29) is 0 Å². The number of hydrogen-bond donors (Lipinski definition) is 1. The lowest BCUT2D eigenvalue weighted by atomic mass is 10.6. The van der Waals surface area contributed by atoms with Gasteiger partial charge in [-0.05, 0) is 6.92 Å². The van der Waals surface area contributed by atoms with Crippen molar-refractivity contribution < 1.29 is 0 Å². The first-order valence-electron chi connectivity index (χ1n) is 2.96. The van der Waals surface area contributed by atoms with Gasteiger partial charge >= 0.3 is 0 Å². The molecule has 0 aliphatic rings. The highest BCUT2D eigenvalue weighted by molar-refractivity contribution is 7.17. The molecule has 0 amide bonds. The summed E-state index contributed by atoms with van der Waals surface area (Å²) in [4.78, 5) is 6.21. The zero-order chi connectivity index (χ0) is 7.14. The van der Waals surface area contributed by atoms with Crippen molar-refractivity contribution in [2.24, 2.45) is 0 Å². The van der Waals surface area contributed by atoms with Crippen molar-refractivity contribution in [2.45, 2.75) is 6.92 Å². The van der Waals surface area contributed by atoms with E-state index in [2.05, 4.69) is 4.98 Å². The summed E-state index contributed by atoms with van der Waals surface area (Å²) >= 11 is 1.66. The van der Waals surface area contributed by atoms with Gasteiger partial charge < -0.3 is 5.73 Å². The molecule has 0 unspecified atom stereocenters. The zero-order valence-corrected chi connectivity index (χ0v) is 6.35. The zero-order valence-electron chi connectivity index (χ0n) is 5.53. The Morgan fingerprint density at radius 1 is 1.70 bits per heavy atom. The Morgan fingerprint density at radius 3 is 3.20 bits per heavy atom. The maximum Gasteiger partial charge on any atom is 0.122 e. The Morgan fingerprint density at radius 2 is 2.50 bits per heavy atom. The van der Waals surface area contributed by atoms with Gasteiger partial charge in [0.05, 0.1) is 6.20 Å². The third-order valence-corrected chi connectivity index (χ3v) is 2.51. The minimum atomic E-state index is 0.803. The van der Waals surface area contributed by atoms with Crippen LogP contribution < -0.4 is 5.73 Å². The molecule has 0 atom stereocenters. The molecule has 2 rings (SSSR count). The van der Waals surface area contributed by atoms with Crippen molar-refractivity contribution in [1.29, 1.82) is 0 Å². The molecule has 4 heteroatoms. The Hall–Kier alpha value is -1.03. The summed E-state index contributed by atoms with van der Waals surface area (Å²) in [5, 5.41) is 0. The van der Waals surface area contributed by atoms with E-state index in [1.165, 1.54) is 0 Å². The van der Waals surface area contributed by atoms with E-state index < -0.39 is 0 Å². The van der Waals surface area contributed by atoms with E-state index in [1.807, 2.05) is 17.5 Å². The SMILES string of the molecule is Cc1sc2cncn2c1N. The molecule has 0 aromatic carbocycles. The average molecular weight is 153 g/mol. The predicted octanol–water partition coefficient (Wildman–Crippen LogP) is 1.29. The smallest absolute Gasteiger partial charge is 0.122 e. The van der Waals surface area contributed by atoms with Crippen molar-refractivity contribution in [3.63, 3.8) is 0 Å². The fourth-order valence-electron chi connectivity index (χ4n) is 0.918. The molecule has 0 aliphatic heterocycles. The molecular formula is C6H7N3S. The summed E-state index contributed by atoms with van der Waals surface area (Å²) < 4.78 is 1.89. The van der Waals surface area contributed by atoms with E-state index in [4.69, 9.17) is 5.73 Å². The molecule has 0 radical (unpaired) electrons. The van der Waals surface area contributed by atoms with Crippen molar-refractivity contribution in [2.75, 3.05) is 5.73 Å². The van der Waals surface area contributed by atoms with Crippen molar-refractivity contribution >= 4 is 22.0 Å². The number of hydrogen-bond acceptors (Lipinski definition) is 3. The molecule has 2 aromatic heterocycles. The van der Waals surface area contributed by atoms with Gasteiger partial charge in [-0.15, -0.1) is 11.3 Å². The van der Waals surface area contributed by atoms with E-state index in [0.29, 0.717) is 0 Å². The lowest BCUT2D eigenvalue weighted by molar-refractivity contribution is 1.18. The fourth-order valence-corrected chi connectivity index (χ4v) is 1.79. The van der Waals surface area contributed by atoms with Gasteiger partial charge in [-0.1, -0.05) is 0 Å². The first-order chi connectivity index (χ1) is 4.79. The summed E-state index contributed by atoms with van der Waals surface area (Å²) in [5.41, 5.74) is 5.72. The molecule has 0 bridgehead atoms. The van der Waals surface area contributed by atoms with Gasteiger partial charge in [0.25, 0.3) is 0 Å². The van der Waals surface area contributed by atoms with Gasteiger partial charge in [-0.3, -0.25) is 4.40 Å². The molecule has 3 nitrogen and oxygen atoms in total. The molecule has 2 aromatic rings. The van der Waals surface area contributed by atoms with Crippen LogP contribution in [0.5, 0.6) is 0 Å². The minimum Gasteiger partial charge on any atom is -0.384 e. The van der Waals surface area contributed by atoms with Crippen LogP contribution in [0.2, 0.25) is 0 Å². The Balaban J connectivity index is 2.95. The number of imidazole rings is 1. The number of nitrogens with two attached hydrogens (primary N) is 1. The van der Waals surface area contributed by atoms with E-state index in [9.17, 15) is 0 Å². The number of thiazole rings is 1. The third kappa shape index (κ3) is 0.565. The fraction of sp³-hybridized carbons (Fsp3) is 0.167. The van der Waals surface area contributed by atoms with E-state index >= 15 is 0 Å². The maximum absolute atomic E-state index is 5.72. The number of aryl methyl sites for hydroxylation is 1. The second kappa shape index (κ2) is 1.73. The molecule has 0 aliphatic carbocycles. The highest BCUT2D eigenvalue weighted by Crippen LogP contribution is 2.23. The van der Waals surface area contributed by atoms with Crippen LogP contribution in [0.1, 0.15) is 4.88 Å². The Bertz CT molecular complexity index is 360. The van der Waals surface area contributed by atoms with Gasteiger partial charge in [0, 0.05) is 4.88 Å². The van der Waals surface area contributed by atoms with Crippen LogP contribution in [0.25, 0.3) is 4.83 Å². The maximum atomic E-state index is 5.72. The van der Waals surface area contributed by atoms with Crippen LogP contribution in [-0.4, -0.2) is 9.38 Å². The summed E-state index contributed by atoms with van der Waals surface area (Å²) in [6.07, 6.45) is 3.54. The van der Waals surface area contributed by atoms with Gasteiger partial charge in [0.15, 0.2) is 0 Å². The number of fused-ring (bicyclic) bond motifs is 1. The second-order valence-corrected chi connectivity index (χ2v) is 3.38. The molecule has 0 spiro atoms. The highest BCUT2D eigenvalue weighted by atomic mass is 32.1. The van der Waals surface area contributed by atoms with Crippen molar-refractivity contribution in [1.82, 2.24) is 9.38 Å². The number of aromatic nitrogens is 2. The molecule has 10 heavy (non-hydrogen) atoms. The quantitative estimate of drug-likeness (QED) is 0.619. The minimum absolute atomic E-state index is 0.803. The summed E-state index contributed by atoms with van der Waals surface area (Å²) in [7, 11) is 0. The number of nitrogen functional groups attached to an aromatic ring is 1. The molecule has 2 N–H and O–H groups in total. The first kappa shape index (κ1) is 5.73. The Kier molecular flexibility index (Phi) is 0.990. The lowest BCUT2D eigenvalue weighted by Crippen LogP contribution is -1.90. The lowest BCUT2D eigenvalue weighted by Gasteiger charge is -1.87. The van der Waals surface area contributed by atoms with E-state index in [0.717, 1.165) is 15.5 Å². The average Bonchev–Trinajstić information content (AvgIpc) is 2.41. The van der Waals surface area contributed by atoms with Crippen LogP contribution in [0, 0.1) is 6.92 Å². The number of rotatable bonds is 0. The number of nitrogens with zero attached hydrogens (tertiary/aromatic N) is 2. The van der Waals surface area contributed by atoms with Crippen LogP contribution in [0.15, 0.2) is 12.5 Å². The monoisotopic (exact) mass is 153 g/mol. The second-order valence-electron chi connectivity index (χ2n) is 2.15. The van der Waals surface area contributed by atoms with Gasteiger partial charge in [0.2, 0.25) is 0 Å². The summed E-state index contributed by atoms with van der Waals surface area (Å²) in [6, 6.07) is 0. The van der Waals surface area contributed by atoms with Gasteiger partial charge in [-0.2, -0.15) is 0 Å². The van der Waals surface area contributed by atoms with Crippen LogP contribution in [-0.2, 0) is 0 Å². The predicted molar refractivity (Wildman–Crippen MR) is 42.2 cm³/mol. The first-order valence-corrected chi connectivity index (χ1v) is 3.77. The molecule has 2 heterocycles. The van der Waals surface area contributed by atoms with Gasteiger partial charge in [0.1, 0.15) is 17.0 Å². The van der Waals surface area contributed by atoms with Crippen molar-refractivity contribution in [3.8, 4) is 0 Å². The van der Waals surface area contributed by atoms with Crippen LogP contribution in [0.3, 0.4) is 0 Å². The summed E-state index contributed by atoms with van der Waals surface area (Å²) in [5.74, 6) is 0.803. The standard InChI is InChI=1S/C6H7N3S/c1-4-6(7)9-3-8-2-5(9)10-4/h2-3H,7H2,1H3. The molecular weight excluding hydrogens is 146 g/mol. The van der Waals surface area contributed by atoms with Crippen LogP contribution in [0.4, 0.5) is 5.82 Å². The van der Waals surface area contributed by atoms with Gasteiger partial charge in [-0.25, -0.2) is 4.98 Å². The molecule has 0 saturated heterocycles. The highest BCUT2D eigenvalue weighted by Gasteiger charge is 2.02. The van der Waals surface area contributed by atoms with Crippen LogP contribution >= 0.6 is 11.3 Å². The molecule has 0 fully saturated rings. The normalized spacial score (nSPS) is 10.9.